The second-order valence-electron chi connectivity index (χ2n) is 5.01. The Bertz CT molecular complexity index is 795. The van der Waals surface area contributed by atoms with Crippen molar-refractivity contribution in [2.24, 2.45) is 5.10 Å². The zero-order valence-electron chi connectivity index (χ0n) is 14.4. The number of para-hydroxylation sites is 2. The highest BCUT2D eigenvalue weighted by Gasteiger charge is 2.09. The smallest absolute Gasteiger partial charge is 0.277 e. The quantitative estimate of drug-likeness (QED) is 0.544. The van der Waals surface area contributed by atoms with Gasteiger partial charge in [0.1, 0.15) is 0 Å². The summed E-state index contributed by atoms with van der Waals surface area (Å²) in [6.45, 7) is 2.11. The van der Waals surface area contributed by atoms with E-state index in [0.717, 1.165) is 0 Å². The molecule has 2 aromatic carbocycles. The molecule has 0 fully saturated rings. The Morgan fingerprint density at radius 3 is 2.58 bits per heavy atom. The van der Waals surface area contributed by atoms with Crippen molar-refractivity contribution in [3.05, 3.63) is 47.0 Å². The van der Waals surface area contributed by atoms with Crippen LogP contribution >= 0.6 is 11.6 Å². The Morgan fingerprint density at radius 2 is 1.92 bits per heavy atom. The fourth-order valence-corrected chi connectivity index (χ4v) is 2.26. The van der Waals surface area contributed by atoms with E-state index in [-0.39, 0.29) is 18.1 Å². The van der Waals surface area contributed by atoms with E-state index in [0.29, 0.717) is 28.7 Å². The highest BCUT2D eigenvalue weighted by atomic mass is 35.5. The number of aromatic hydroxyl groups is 1. The van der Waals surface area contributed by atoms with Crippen LogP contribution in [0.1, 0.15) is 12.5 Å². The molecule has 0 unspecified atom stereocenters. The zero-order chi connectivity index (χ0) is 18.9. The number of carbonyl (C=O) groups is 1. The molecule has 2 N–H and O–H groups in total. The zero-order valence-corrected chi connectivity index (χ0v) is 15.1. The third-order valence-corrected chi connectivity index (χ3v) is 3.41. The van der Waals surface area contributed by atoms with E-state index in [1.807, 2.05) is 13.0 Å². The molecule has 7 nitrogen and oxygen atoms in total. The maximum absolute atomic E-state index is 11.8. The van der Waals surface area contributed by atoms with Gasteiger partial charge in [0, 0.05) is 16.7 Å². The second kappa shape index (κ2) is 9.53. The van der Waals surface area contributed by atoms with Crippen LogP contribution in [0, 0.1) is 0 Å². The summed E-state index contributed by atoms with van der Waals surface area (Å²) in [6.07, 6.45) is 1.26. The van der Waals surface area contributed by atoms with Gasteiger partial charge in [0.2, 0.25) is 0 Å². The van der Waals surface area contributed by atoms with Crippen LogP contribution in [0.15, 0.2) is 41.5 Å². The summed E-state index contributed by atoms with van der Waals surface area (Å²) in [4.78, 5) is 11.8. The Labute approximate surface area is 156 Å². The lowest BCUT2D eigenvalue weighted by Crippen LogP contribution is -2.24. The van der Waals surface area contributed by atoms with Gasteiger partial charge in [0.25, 0.3) is 5.91 Å². The number of phenols is 1. The molecule has 0 saturated carbocycles. The first kappa shape index (κ1) is 19.4. The normalized spacial score (nSPS) is 10.6. The van der Waals surface area contributed by atoms with Crippen molar-refractivity contribution in [1.29, 1.82) is 0 Å². The van der Waals surface area contributed by atoms with Gasteiger partial charge in [0.05, 0.1) is 19.9 Å². The summed E-state index contributed by atoms with van der Waals surface area (Å²) < 4.78 is 15.8. The van der Waals surface area contributed by atoms with Crippen molar-refractivity contribution in [2.75, 3.05) is 20.3 Å². The number of rotatable bonds is 8. The summed E-state index contributed by atoms with van der Waals surface area (Å²) >= 11 is 5.93. The highest BCUT2D eigenvalue weighted by molar-refractivity contribution is 6.31. The van der Waals surface area contributed by atoms with Crippen LogP contribution in [0.2, 0.25) is 5.02 Å². The summed E-state index contributed by atoms with van der Waals surface area (Å²) in [6, 6.07) is 10.0. The summed E-state index contributed by atoms with van der Waals surface area (Å²) in [5.41, 5.74) is 2.61. The van der Waals surface area contributed by atoms with Gasteiger partial charge in [-0.05, 0) is 25.1 Å². The maximum atomic E-state index is 11.8. The third kappa shape index (κ3) is 5.29. The lowest BCUT2D eigenvalue weighted by molar-refractivity contribution is -0.123. The molecule has 2 aromatic rings. The van der Waals surface area contributed by atoms with E-state index < -0.39 is 5.91 Å². The number of carbonyl (C=O) groups excluding carboxylic acids is 1. The van der Waals surface area contributed by atoms with Gasteiger partial charge in [-0.3, -0.25) is 4.79 Å². The predicted molar refractivity (Wildman–Crippen MR) is 98.5 cm³/mol. The van der Waals surface area contributed by atoms with Gasteiger partial charge in [0.15, 0.2) is 29.6 Å². The molecule has 0 aliphatic heterocycles. The van der Waals surface area contributed by atoms with Gasteiger partial charge >= 0.3 is 0 Å². The largest absolute Gasteiger partial charge is 0.504 e. The molecule has 0 aliphatic rings. The molecule has 0 spiro atoms. The number of ether oxygens (including phenoxy) is 3. The van der Waals surface area contributed by atoms with E-state index in [4.69, 9.17) is 25.8 Å². The average molecular weight is 379 g/mol. The molecule has 0 saturated heterocycles. The number of hydrazone groups is 1. The maximum Gasteiger partial charge on any atom is 0.277 e. The van der Waals surface area contributed by atoms with E-state index in [9.17, 15) is 9.90 Å². The van der Waals surface area contributed by atoms with Crippen molar-refractivity contribution in [3.8, 4) is 23.0 Å². The minimum Gasteiger partial charge on any atom is -0.504 e. The number of benzene rings is 2. The number of halogens is 1. The third-order valence-electron chi connectivity index (χ3n) is 3.19. The Balaban J connectivity index is 1.93. The van der Waals surface area contributed by atoms with Gasteiger partial charge in [-0.15, -0.1) is 0 Å². The number of hydrogen-bond acceptors (Lipinski definition) is 6. The van der Waals surface area contributed by atoms with Crippen LogP contribution in [0.25, 0.3) is 0 Å². The standard InChI is InChI=1S/C18H19ClN2O5/c1-3-25-14-6-4-5-7-15(14)26-11-17(22)21-20-10-12-8-13(19)9-16(24-2)18(12)23/h4-10,23H,3,11H2,1-2H3,(H,21,22)/b20-10+. The predicted octanol–water partition coefficient (Wildman–Crippen LogP) is 2.98. The number of nitrogens with zero attached hydrogens (tertiary/aromatic N) is 1. The van der Waals surface area contributed by atoms with E-state index >= 15 is 0 Å². The van der Waals surface area contributed by atoms with Crippen LogP contribution in [-0.2, 0) is 4.79 Å². The fraction of sp³-hybridized carbons (Fsp3) is 0.222. The molecule has 0 aliphatic carbocycles. The SMILES string of the molecule is CCOc1ccccc1OCC(=O)N/N=C/c1cc(Cl)cc(OC)c1O. The first-order valence-corrected chi connectivity index (χ1v) is 8.16. The van der Waals surface area contributed by atoms with Gasteiger partial charge in [-0.2, -0.15) is 5.10 Å². The van der Waals surface area contributed by atoms with Crippen LogP contribution < -0.4 is 19.6 Å². The van der Waals surface area contributed by atoms with Crippen molar-refractivity contribution < 1.29 is 24.1 Å². The molecule has 0 heterocycles. The summed E-state index contributed by atoms with van der Waals surface area (Å²) in [5.74, 6) is 0.631. The van der Waals surface area contributed by atoms with E-state index in [2.05, 4.69) is 10.5 Å². The molecule has 0 bridgehead atoms. The van der Waals surface area contributed by atoms with Gasteiger partial charge < -0.3 is 19.3 Å². The van der Waals surface area contributed by atoms with Crippen LogP contribution in [0.5, 0.6) is 23.0 Å². The summed E-state index contributed by atoms with van der Waals surface area (Å²) in [5, 5.41) is 14.1. The van der Waals surface area contributed by atoms with E-state index in [1.165, 1.54) is 25.5 Å². The number of nitrogens with one attached hydrogen (secondary N) is 1. The molecule has 1 amide bonds. The lowest BCUT2D eigenvalue weighted by atomic mass is 10.2. The number of amides is 1. The Kier molecular flexibility index (Phi) is 7.11. The van der Waals surface area contributed by atoms with Crippen LogP contribution in [0.3, 0.4) is 0 Å². The minimum atomic E-state index is -0.471. The fourth-order valence-electron chi connectivity index (χ4n) is 2.04. The lowest BCUT2D eigenvalue weighted by Gasteiger charge is -2.10. The Morgan fingerprint density at radius 1 is 1.23 bits per heavy atom. The average Bonchev–Trinajstić information content (AvgIpc) is 2.63. The minimum absolute atomic E-state index is 0.128. The van der Waals surface area contributed by atoms with Crippen molar-refractivity contribution in [1.82, 2.24) is 5.43 Å². The molecule has 26 heavy (non-hydrogen) atoms. The first-order valence-electron chi connectivity index (χ1n) is 7.78. The van der Waals surface area contributed by atoms with Crippen molar-refractivity contribution in [2.45, 2.75) is 6.92 Å². The van der Waals surface area contributed by atoms with Crippen LogP contribution in [0.4, 0.5) is 0 Å². The van der Waals surface area contributed by atoms with Crippen LogP contribution in [-0.4, -0.2) is 37.6 Å². The monoisotopic (exact) mass is 378 g/mol. The van der Waals surface area contributed by atoms with Gasteiger partial charge in [-0.1, -0.05) is 23.7 Å². The molecular weight excluding hydrogens is 360 g/mol. The Hall–Kier alpha value is -2.93. The molecule has 0 radical (unpaired) electrons. The van der Waals surface area contributed by atoms with Crippen molar-refractivity contribution >= 4 is 23.7 Å². The number of phenolic OH excluding ortho intramolecular Hbond substituents is 1. The van der Waals surface area contributed by atoms with Crippen molar-refractivity contribution in [3.63, 3.8) is 0 Å². The number of hydrogen-bond donors (Lipinski definition) is 2. The highest BCUT2D eigenvalue weighted by Crippen LogP contribution is 2.32. The van der Waals surface area contributed by atoms with Gasteiger partial charge in [-0.25, -0.2) is 5.43 Å². The summed E-state index contributed by atoms with van der Waals surface area (Å²) in [7, 11) is 1.41. The molecule has 0 aromatic heterocycles. The molecule has 0 atom stereocenters. The molecular formula is C18H19ClN2O5. The van der Waals surface area contributed by atoms with E-state index in [1.54, 1.807) is 18.2 Å². The number of methoxy groups -OCH3 is 1. The molecule has 138 valence electrons. The topological polar surface area (TPSA) is 89.4 Å². The molecule has 2 rings (SSSR count). The molecule has 8 heteroatoms. The second-order valence-corrected chi connectivity index (χ2v) is 5.44. The first-order chi connectivity index (χ1) is 12.5.